The SMILES string of the molecule is O=C(Cc1ccc(F)c(Br)c1)c1ncccc1Cl. The molecule has 2 aromatic rings. The largest absolute Gasteiger partial charge is 0.292 e. The molecule has 5 heteroatoms. The molecule has 0 aliphatic heterocycles. The Balaban J connectivity index is 2.22. The molecule has 0 fully saturated rings. The van der Waals surface area contributed by atoms with Crippen molar-refractivity contribution in [3.8, 4) is 0 Å². The molecule has 0 radical (unpaired) electrons. The average Bonchev–Trinajstić information content (AvgIpc) is 2.34. The number of halogens is 3. The molecule has 1 aromatic carbocycles. The molecule has 0 saturated carbocycles. The zero-order valence-electron chi connectivity index (χ0n) is 9.16. The highest BCUT2D eigenvalue weighted by Crippen LogP contribution is 2.19. The number of aromatic nitrogens is 1. The molecule has 0 bridgehead atoms. The van der Waals surface area contributed by atoms with Crippen LogP contribution in [0, 0.1) is 5.82 Å². The maximum atomic E-state index is 13.1. The zero-order valence-corrected chi connectivity index (χ0v) is 11.5. The monoisotopic (exact) mass is 327 g/mol. The van der Waals surface area contributed by atoms with Crippen LogP contribution in [0.3, 0.4) is 0 Å². The maximum absolute atomic E-state index is 13.1. The number of Topliss-reactive ketones (excluding diaryl/α,β-unsaturated/α-hetero) is 1. The highest BCUT2D eigenvalue weighted by atomic mass is 79.9. The van der Waals surface area contributed by atoms with Crippen LogP contribution in [0.25, 0.3) is 0 Å². The van der Waals surface area contributed by atoms with Crippen molar-refractivity contribution in [2.24, 2.45) is 0 Å². The smallest absolute Gasteiger partial charge is 0.187 e. The van der Waals surface area contributed by atoms with E-state index in [0.717, 1.165) is 0 Å². The molecule has 0 atom stereocenters. The molecule has 0 unspecified atom stereocenters. The van der Waals surface area contributed by atoms with Gasteiger partial charge in [-0.2, -0.15) is 0 Å². The second kappa shape index (κ2) is 5.59. The van der Waals surface area contributed by atoms with Gasteiger partial charge in [0.25, 0.3) is 0 Å². The summed E-state index contributed by atoms with van der Waals surface area (Å²) in [6.45, 7) is 0. The minimum absolute atomic E-state index is 0.135. The summed E-state index contributed by atoms with van der Waals surface area (Å²) in [6.07, 6.45) is 1.65. The van der Waals surface area contributed by atoms with E-state index in [9.17, 15) is 9.18 Å². The van der Waals surface area contributed by atoms with Gasteiger partial charge in [0, 0.05) is 12.6 Å². The Bertz CT molecular complexity index is 603. The van der Waals surface area contributed by atoms with Crippen LogP contribution in [0.15, 0.2) is 41.0 Å². The molecule has 1 aromatic heterocycles. The fraction of sp³-hybridized carbons (Fsp3) is 0.0769. The number of benzene rings is 1. The molecule has 2 nitrogen and oxygen atoms in total. The van der Waals surface area contributed by atoms with Gasteiger partial charge < -0.3 is 0 Å². The molecule has 1 heterocycles. The highest BCUT2D eigenvalue weighted by Gasteiger charge is 2.13. The summed E-state index contributed by atoms with van der Waals surface area (Å²) in [4.78, 5) is 15.9. The van der Waals surface area contributed by atoms with Gasteiger partial charge in [-0.1, -0.05) is 17.7 Å². The molecule has 0 amide bonds. The topological polar surface area (TPSA) is 30.0 Å². The van der Waals surface area contributed by atoms with Crippen LogP contribution in [-0.4, -0.2) is 10.8 Å². The Morgan fingerprint density at radius 1 is 1.39 bits per heavy atom. The summed E-state index contributed by atoms with van der Waals surface area (Å²) in [7, 11) is 0. The fourth-order valence-corrected chi connectivity index (χ4v) is 2.16. The van der Waals surface area contributed by atoms with Gasteiger partial charge in [0.05, 0.1) is 9.50 Å². The van der Waals surface area contributed by atoms with Crippen LogP contribution in [0.2, 0.25) is 5.02 Å². The lowest BCUT2D eigenvalue weighted by atomic mass is 10.1. The van der Waals surface area contributed by atoms with Crippen molar-refractivity contribution in [3.63, 3.8) is 0 Å². The Morgan fingerprint density at radius 2 is 2.17 bits per heavy atom. The van der Waals surface area contributed by atoms with Crippen molar-refractivity contribution in [2.45, 2.75) is 6.42 Å². The van der Waals surface area contributed by atoms with Crippen LogP contribution in [0.5, 0.6) is 0 Å². The first-order valence-electron chi connectivity index (χ1n) is 5.15. The van der Waals surface area contributed by atoms with Crippen molar-refractivity contribution >= 4 is 33.3 Å². The molecule has 0 saturated heterocycles. The third kappa shape index (κ3) is 2.94. The van der Waals surface area contributed by atoms with Gasteiger partial charge in [-0.05, 0) is 45.8 Å². The van der Waals surface area contributed by atoms with Gasteiger partial charge in [-0.25, -0.2) is 4.39 Å². The lowest BCUT2D eigenvalue weighted by Gasteiger charge is -2.03. The Morgan fingerprint density at radius 3 is 2.83 bits per heavy atom. The van der Waals surface area contributed by atoms with E-state index in [-0.39, 0.29) is 23.7 Å². The Hall–Kier alpha value is -1.26. The summed E-state index contributed by atoms with van der Waals surface area (Å²) in [6, 6.07) is 7.72. The second-order valence-corrected chi connectivity index (χ2v) is 4.94. The van der Waals surface area contributed by atoms with E-state index in [1.807, 2.05) is 0 Å². The van der Waals surface area contributed by atoms with Gasteiger partial charge >= 0.3 is 0 Å². The van der Waals surface area contributed by atoms with Crippen LogP contribution in [-0.2, 0) is 6.42 Å². The van der Waals surface area contributed by atoms with E-state index < -0.39 is 0 Å². The van der Waals surface area contributed by atoms with E-state index in [2.05, 4.69) is 20.9 Å². The number of carbonyl (C=O) groups is 1. The van der Waals surface area contributed by atoms with Gasteiger partial charge in [0.2, 0.25) is 0 Å². The Labute approximate surface area is 117 Å². The van der Waals surface area contributed by atoms with E-state index in [1.54, 1.807) is 24.3 Å². The van der Waals surface area contributed by atoms with Crippen molar-refractivity contribution in [2.75, 3.05) is 0 Å². The lowest BCUT2D eigenvalue weighted by molar-refractivity contribution is 0.0988. The predicted molar refractivity (Wildman–Crippen MR) is 71.4 cm³/mol. The molecule has 18 heavy (non-hydrogen) atoms. The molecule has 0 N–H and O–H groups in total. The van der Waals surface area contributed by atoms with Crippen molar-refractivity contribution < 1.29 is 9.18 Å². The second-order valence-electron chi connectivity index (χ2n) is 3.68. The lowest BCUT2D eigenvalue weighted by Crippen LogP contribution is -2.06. The first-order valence-corrected chi connectivity index (χ1v) is 6.32. The number of pyridine rings is 1. The summed E-state index contributed by atoms with van der Waals surface area (Å²) >= 11 is 8.97. The number of rotatable bonds is 3. The van der Waals surface area contributed by atoms with Crippen LogP contribution >= 0.6 is 27.5 Å². The number of ketones is 1. The molecule has 0 aliphatic rings. The summed E-state index contributed by atoms with van der Waals surface area (Å²) < 4.78 is 13.4. The fourth-order valence-electron chi connectivity index (χ4n) is 1.51. The third-order valence-corrected chi connectivity index (χ3v) is 3.28. The predicted octanol–water partition coefficient (Wildman–Crippen LogP) is 4.06. The summed E-state index contributed by atoms with van der Waals surface area (Å²) in [5.41, 5.74) is 0.939. The number of hydrogen-bond acceptors (Lipinski definition) is 2. The van der Waals surface area contributed by atoms with Gasteiger partial charge in [-0.3, -0.25) is 9.78 Å². The van der Waals surface area contributed by atoms with Crippen molar-refractivity contribution in [1.82, 2.24) is 4.98 Å². The molecule has 0 aliphatic carbocycles. The summed E-state index contributed by atoms with van der Waals surface area (Å²) in [5.74, 6) is -0.554. The first-order chi connectivity index (χ1) is 8.58. The normalized spacial score (nSPS) is 10.4. The molecule has 2 rings (SSSR count). The minimum Gasteiger partial charge on any atom is -0.292 e. The van der Waals surface area contributed by atoms with Crippen molar-refractivity contribution in [3.05, 3.63) is 63.1 Å². The van der Waals surface area contributed by atoms with E-state index in [0.29, 0.717) is 15.1 Å². The van der Waals surface area contributed by atoms with Crippen LogP contribution in [0.4, 0.5) is 4.39 Å². The molecule has 0 spiro atoms. The molecule has 92 valence electrons. The number of nitrogens with zero attached hydrogens (tertiary/aromatic N) is 1. The standard InChI is InChI=1S/C13H8BrClFNO/c14-9-6-8(3-4-11(9)16)7-12(18)13-10(15)2-1-5-17-13/h1-6H,7H2. The molecular weight excluding hydrogens is 321 g/mol. The maximum Gasteiger partial charge on any atom is 0.187 e. The van der Waals surface area contributed by atoms with Crippen LogP contribution in [0.1, 0.15) is 16.1 Å². The highest BCUT2D eigenvalue weighted by molar-refractivity contribution is 9.10. The third-order valence-electron chi connectivity index (χ3n) is 2.37. The van der Waals surface area contributed by atoms with Crippen molar-refractivity contribution in [1.29, 1.82) is 0 Å². The van der Waals surface area contributed by atoms with E-state index in [4.69, 9.17) is 11.6 Å². The average molecular weight is 329 g/mol. The Kier molecular flexibility index (Phi) is 4.09. The van der Waals surface area contributed by atoms with E-state index >= 15 is 0 Å². The minimum atomic E-state index is -0.359. The number of hydrogen-bond donors (Lipinski definition) is 0. The van der Waals surface area contributed by atoms with Gasteiger partial charge in [0.1, 0.15) is 11.5 Å². The van der Waals surface area contributed by atoms with Gasteiger partial charge in [0.15, 0.2) is 5.78 Å². The quantitative estimate of drug-likeness (QED) is 0.795. The van der Waals surface area contributed by atoms with E-state index in [1.165, 1.54) is 12.3 Å². The van der Waals surface area contributed by atoms with Gasteiger partial charge in [-0.15, -0.1) is 0 Å². The number of carbonyl (C=O) groups excluding carboxylic acids is 1. The zero-order chi connectivity index (χ0) is 13.1. The first kappa shape index (κ1) is 13.2. The van der Waals surface area contributed by atoms with Crippen LogP contribution < -0.4 is 0 Å². The summed E-state index contributed by atoms with van der Waals surface area (Å²) in [5, 5.41) is 0.323. The molecular formula is C13H8BrClFNO.